The first-order chi connectivity index (χ1) is 16.9. The normalized spacial score (nSPS) is 16.1. The smallest absolute Gasteiger partial charge is 0.360 e. The maximum absolute atomic E-state index is 13.0. The predicted molar refractivity (Wildman–Crippen MR) is 131 cm³/mol. The molecule has 0 unspecified atom stereocenters. The summed E-state index contributed by atoms with van der Waals surface area (Å²) >= 11 is 8.61. The molecule has 8 nitrogen and oxygen atoms in total. The zero-order chi connectivity index (χ0) is 27.7. The van der Waals surface area contributed by atoms with Gasteiger partial charge in [-0.15, -0.1) is 0 Å². The Labute approximate surface area is 225 Å². The van der Waals surface area contributed by atoms with E-state index in [4.69, 9.17) is 10.8 Å². The average molecular weight is 702 g/mol. The molecule has 0 saturated carbocycles. The molecule has 0 spiro atoms. The molecule has 0 bridgehead atoms. The number of ether oxygens (including phenoxy) is 2. The van der Waals surface area contributed by atoms with Gasteiger partial charge in [0.15, 0.2) is 11.4 Å². The van der Waals surface area contributed by atoms with Crippen LogP contribution < -0.4 is 0 Å². The molecule has 0 aromatic carbocycles. The molecular weight excluding hydrogens is 676 g/mol. The molecule has 2 aromatic rings. The van der Waals surface area contributed by atoms with Gasteiger partial charge in [-0.2, -0.15) is 10.2 Å². The van der Waals surface area contributed by atoms with E-state index in [1.54, 1.807) is 20.8 Å². The van der Waals surface area contributed by atoms with E-state index in [9.17, 15) is 27.2 Å². The zero-order valence-electron chi connectivity index (χ0n) is 20.1. The lowest BCUT2D eigenvalue weighted by Gasteiger charge is -2.05. The van der Waals surface area contributed by atoms with Crippen LogP contribution in [0.1, 0.15) is 61.4 Å². The van der Waals surface area contributed by atoms with Crippen LogP contribution in [0.15, 0.2) is 10.5 Å². The Morgan fingerprint density at radius 2 is 1.54 bits per heavy atom. The molecule has 0 N–H and O–H groups in total. The van der Waals surface area contributed by atoms with Crippen LogP contribution in [0.3, 0.4) is 0 Å². The van der Waals surface area contributed by atoms with Crippen LogP contribution in [0.4, 0.5) is 17.6 Å². The molecule has 0 radical (unpaired) electrons. The van der Waals surface area contributed by atoms with E-state index < -0.39 is 43.3 Å². The molecule has 35 heavy (non-hydrogen) atoms. The molecule has 2 aromatic heterocycles. The molecule has 0 aliphatic carbocycles. The number of aromatic nitrogens is 4. The van der Waals surface area contributed by atoms with Crippen LogP contribution in [-0.4, -0.2) is 56.6 Å². The molecule has 4 heterocycles. The summed E-state index contributed by atoms with van der Waals surface area (Å²) in [6.45, 7) is 5.17. The highest BCUT2D eigenvalue weighted by Crippen LogP contribution is 2.35. The molecule has 0 fully saturated rings. The Hall–Kier alpha value is -1.48. The molecule has 15 heteroatoms. The van der Waals surface area contributed by atoms with E-state index in [2.05, 4.69) is 54.4 Å². The third-order valence-corrected chi connectivity index (χ3v) is 5.27. The van der Waals surface area contributed by atoms with Crippen molar-refractivity contribution in [3.63, 3.8) is 0 Å². The summed E-state index contributed by atoms with van der Waals surface area (Å²) in [4.78, 5) is 22.6. The lowest BCUT2D eigenvalue weighted by molar-refractivity contribution is -0.0000382. The Balaban J connectivity index is 0.000000306. The van der Waals surface area contributed by atoms with Crippen LogP contribution in [0.25, 0.3) is 0 Å². The SMILES string of the molecule is BrBr.CCOC(=O)c1cc2n(n1)CC(F)(F)C2.CCOC(=O)c1nn2c(c1Br)CC(F)(F)C2.[2H]CC. The fourth-order valence-corrected chi connectivity index (χ4v) is 3.79. The number of alkyl halides is 4. The second kappa shape index (κ2) is 13.7. The number of halogens is 7. The average Bonchev–Trinajstić information content (AvgIpc) is 3.48. The van der Waals surface area contributed by atoms with Crippen molar-refractivity contribution in [1.82, 2.24) is 19.6 Å². The highest BCUT2D eigenvalue weighted by molar-refractivity contribution is 9.93. The van der Waals surface area contributed by atoms with Crippen LogP contribution in [0.5, 0.6) is 0 Å². The highest BCUT2D eigenvalue weighted by Gasteiger charge is 2.42. The minimum absolute atomic E-state index is 0.0624. The fraction of sp³-hybridized carbons (Fsp3) is 0.600. The van der Waals surface area contributed by atoms with Gasteiger partial charge in [0.2, 0.25) is 0 Å². The maximum atomic E-state index is 13.0. The number of rotatable bonds is 4. The summed E-state index contributed by atoms with van der Waals surface area (Å²) in [5.74, 6) is -6.68. The Morgan fingerprint density at radius 1 is 1.03 bits per heavy atom. The van der Waals surface area contributed by atoms with E-state index in [-0.39, 0.29) is 31.0 Å². The van der Waals surface area contributed by atoms with Gasteiger partial charge in [0.1, 0.15) is 13.1 Å². The Bertz CT molecular complexity index is 1010. The van der Waals surface area contributed by atoms with Gasteiger partial charge in [-0.25, -0.2) is 27.2 Å². The number of hydrogen-bond donors (Lipinski definition) is 0. The topological polar surface area (TPSA) is 88.2 Å². The molecular formula is C20H25Br3F4N4O4. The number of nitrogens with zero attached hydrogens (tertiary/aromatic N) is 4. The molecule has 0 atom stereocenters. The summed E-state index contributed by atoms with van der Waals surface area (Å²) in [6.07, 6.45) is -0.764. The quantitative estimate of drug-likeness (QED) is 0.288. The number of hydrogen-bond acceptors (Lipinski definition) is 6. The molecule has 2 aliphatic heterocycles. The van der Waals surface area contributed by atoms with E-state index in [1.165, 1.54) is 6.07 Å². The Kier molecular flexibility index (Phi) is 11.7. The van der Waals surface area contributed by atoms with E-state index in [0.29, 0.717) is 22.8 Å². The third kappa shape index (κ3) is 8.27. The van der Waals surface area contributed by atoms with Crippen molar-refractivity contribution >= 4 is 56.1 Å². The van der Waals surface area contributed by atoms with Crippen LogP contribution >= 0.6 is 44.2 Å². The van der Waals surface area contributed by atoms with Crippen LogP contribution in [0, 0.1) is 0 Å². The van der Waals surface area contributed by atoms with E-state index >= 15 is 0 Å². The summed E-state index contributed by atoms with van der Waals surface area (Å²) in [5.41, 5.74) is 0.880. The summed E-state index contributed by atoms with van der Waals surface area (Å²) < 4.78 is 70.1. The maximum Gasteiger partial charge on any atom is 0.360 e. The highest BCUT2D eigenvalue weighted by atomic mass is 80.9. The minimum Gasteiger partial charge on any atom is -0.461 e. The minimum atomic E-state index is -2.78. The van der Waals surface area contributed by atoms with Crippen molar-refractivity contribution in [2.75, 3.05) is 13.2 Å². The molecule has 0 amide bonds. The first-order valence-corrected chi connectivity index (χ1v) is 14.7. The third-order valence-electron chi connectivity index (χ3n) is 4.44. The number of carbonyl (C=O) groups is 2. The fourth-order valence-electron chi connectivity index (χ4n) is 3.20. The first kappa shape index (κ1) is 29.7. The van der Waals surface area contributed by atoms with Gasteiger partial charge < -0.3 is 9.47 Å². The summed E-state index contributed by atoms with van der Waals surface area (Å²) in [7, 11) is 0. The number of fused-ring (bicyclic) bond motifs is 2. The van der Waals surface area contributed by atoms with Gasteiger partial charge >= 0.3 is 11.9 Å². The standard InChI is InChI=1S/C9H9BrF2N2O2.C9H10F2N2O2.C2H6.Br2/c1-2-16-8(15)7-6(10)5-3-9(11,12)4-14(5)13-7;1-2-15-8(14)7-3-6-4-9(10,11)5-13(6)12-7;2*1-2/h2-4H2,1H3;3H,2,4-5H2,1H3;1-2H3;/i;;1D;. The van der Waals surface area contributed by atoms with Gasteiger partial charge in [-0.3, -0.25) is 9.36 Å². The lowest BCUT2D eigenvalue weighted by atomic mass is 10.2. The largest absolute Gasteiger partial charge is 0.461 e. The monoisotopic (exact) mass is 699 g/mol. The number of esters is 2. The van der Waals surface area contributed by atoms with Gasteiger partial charge in [-0.1, -0.05) is 13.8 Å². The van der Waals surface area contributed by atoms with Crippen molar-refractivity contribution < 1.29 is 38.0 Å². The molecule has 198 valence electrons. The second-order valence-corrected chi connectivity index (χ2v) is 7.74. The summed E-state index contributed by atoms with van der Waals surface area (Å²) in [6, 6.07) is 1.36. The summed E-state index contributed by atoms with van der Waals surface area (Å²) in [5, 5.41) is 7.59. The van der Waals surface area contributed by atoms with Crippen molar-refractivity contribution in [2.45, 2.75) is 65.4 Å². The molecule has 0 saturated heterocycles. The first-order valence-electron chi connectivity index (χ1n) is 10.9. The predicted octanol–water partition coefficient (Wildman–Crippen LogP) is 5.98. The van der Waals surface area contributed by atoms with Crippen LogP contribution in [-0.2, 0) is 35.4 Å². The van der Waals surface area contributed by atoms with Gasteiger partial charge in [0.05, 0.1) is 36.2 Å². The van der Waals surface area contributed by atoms with Crippen molar-refractivity contribution in [2.24, 2.45) is 0 Å². The van der Waals surface area contributed by atoms with Crippen molar-refractivity contribution in [3.8, 4) is 0 Å². The second-order valence-electron chi connectivity index (χ2n) is 6.95. The Morgan fingerprint density at radius 3 is 2.06 bits per heavy atom. The lowest BCUT2D eigenvalue weighted by Crippen LogP contribution is -2.18. The van der Waals surface area contributed by atoms with E-state index in [0.717, 1.165) is 9.36 Å². The van der Waals surface area contributed by atoms with Crippen molar-refractivity contribution in [3.05, 3.63) is 33.3 Å². The van der Waals surface area contributed by atoms with Gasteiger partial charge in [-0.05, 0) is 35.8 Å². The van der Waals surface area contributed by atoms with E-state index in [1.807, 2.05) is 0 Å². The van der Waals surface area contributed by atoms with Gasteiger partial charge in [0, 0.05) is 35.3 Å². The molecule has 2 aliphatic rings. The van der Waals surface area contributed by atoms with Crippen molar-refractivity contribution in [1.29, 1.82) is 0 Å². The number of carbonyl (C=O) groups excluding carboxylic acids is 2. The molecule has 4 rings (SSSR count). The van der Waals surface area contributed by atoms with Crippen LogP contribution in [0.2, 0.25) is 0 Å². The van der Waals surface area contributed by atoms with Gasteiger partial charge in [0.25, 0.3) is 11.8 Å². The zero-order valence-corrected chi connectivity index (χ0v) is 23.9.